The lowest BCUT2D eigenvalue weighted by molar-refractivity contribution is -0.151. The van der Waals surface area contributed by atoms with Crippen molar-refractivity contribution in [1.29, 1.82) is 0 Å². The minimum absolute atomic E-state index is 0.0747. The zero-order chi connectivity index (χ0) is 15.1. The summed E-state index contributed by atoms with van der Waals surface area (Å²) in [6, 6.07) is 5.26. The zero-order valence-corrected chi connectivity index (χ0v) is 12.3. The first-order chi connectivity index (χ1) is 9.49. The van der Waals surface area contributed by atoms with Crippen molar-refractivity contribution in [2.75, 3.05) is 20.8 Å². The molecule has 0 saturated heterocycles. The van der Waals surface area contributed by atoms with Gasteiger partial charge in [0.2, 0.25) is 5.78 Å². The Balaban J connectivity index is 2.93. The third kappa shape index (κ3) is 4.26. The molecule has 0 heterocycles. The van der Waals surface area contributed by atoms with Crippen molar-refractivity contribution in [3.8, 4) is 11.5 Å². The van der Waals surface area contributed by atoms with E-state index in [1.54, 1.807) is 18.2 Å². The molecule has 1 aromatic rings. The van der Waals surface area contributed by atoms with Gasteiger partial charge in [0, 0.05) is 12.0 Å². The van der Waals surface area contributed by atoms with Crippen LogP contribution in [0.15, 0.2) is 18.2 Å². The topological polar surface area (TPSA) is 61.8 Å². The lowest BCUT2D eigenvalue weighted by Gasteiger charge is -2.15. The molecule has 20 heavy (non-hydrogen) atoms. The molecule has 1 aromatic carbocycles. The fourth-order valence-electron chi connectivity index (χ4n) is 1.66. The molecular formula is C15H20O5. The number of ether oxygens (including phenoxy) is 3. The van der Waals surface area contributed by atoms with Gasteiger partial charge in [-0.1, -0.05) is 26.0 Å². The van der Waals surface area contributed by atoms with Crippen molar-refractivity contribution in [1.82, 2.24) is 0 Å². The Hall–Kier alpha value is -2.04. The van der Waals surface area contributed by atoms with Gasteiger partial charge in [-0.2, -0.15) is 0 Å². The molecule has 110 valence electrons. The van der Waals surface area contributed by atoms with Crippen LogP contribution < -0.4 is 9.47 Å². The van der Waals surface area contributed by atoms with Crippen LogP contribution >= 0.6 is 0 Å². The first kappa shape index (κ1) is 16.0. The number of carbonyl (C=O) groups is 2. The molecule has 5 nitrogen and oxygen atoms in total. The Morgan fingerprint density at radius 1 is 1.20 bits per heavy atom. The molecule has 0 saturated carbocycles. The number of methoxy groups -OCH3 is 2. The van der Waals surface area contributed by atoms with E-state index < -0.39 is 11.8 Å². The molecule has 0 aromatic heterocycles. The fraction of sp³-hybridized carbons (Fsp3) is 0.467. The summed E-state index contributed by atoms with van der Waals surface area (Å²) >= 11 is 0. The van der Waals surface area contributed by atoms with Gasteiger partial charge in [0.05, 0.1) is 20.8 Å². The van der Waals surface area contributed by atoms with E-state index in [9.17, 15) is 9.59 Å². The third-order valence-electron chi connectivity index (χ3n) is 2.60. The maximum absolute atomic E-state index is 11.6. The molecule has 0 bridgehead atoms. The van der Waals surface area contributed by atoms with Gasteiger partial charge < -0.3 is 14.2 Å². The molecule has 5 heteroatoms. The first-order valence-electron chi connectivity index (χ1n) is 6.39. The number of Topliss-reactive ketones (excluding diaryl/α,β-unsaturated/α-hetero) is 1. The number of carbonyl (C=O) groups excluding carboxylic acids is 2. The average Bonchev–Trinajstić information content (AvgIpc) is 2.44. The lowest BCUT2D eigenvalue weighted by Crippen LogP contribution is -2.18. The molecule has 0 atom stereocenters. The Morgan fingerprint density at radius 2 is 1.90 bits per heavy atom. The summed E-state index contributed by atoms with van der Waals surface area (Å²) in [4.78, 5) is 22.8. The smallest absolute Gasteiger partial charge is 0.374 e. The summed E-state index contributed by atoms with van der Waals surface area (Å²) in [5.74, 6) is -0.0609. The van der Waals surface area contributed by atoms with Crippen molar-refractivity contribution in [3.05, 3.63) is 23.8 Å². The van der Waals surface area contributed by atoms with Gasteiger partial charge in [-0.25, -0.2) is 4.79 Å². The maximum atomic E-state index is 11.6. The van der Waals surface area contributed by atoms with Crippen molar-refractivity contribution in [2.24, 2.45) is 5.92 Å². The fourth-order valence-corrected chi connectivity index (χ4v) is 1.66. The van der Waals surface area contributed by atoms with E-state index in [1.807, 2.05) is 13.8 Å². The normalized spacial score (nSPS) is 10.2. The number of esters is 1. The minimum atomic E-state index is -0.861. The molecule has 0 aliphatic carbocycles. The molecule has 0 aliphatic rings. The molecule has 0 spiro atoms. The monoisotopic (exact) mass is 280 g/mol. The van der Waals surface area contributed by atoms with E-state index in [0.29, 0.717) is 29.6 Å². The second-order valence-electron chi connectivity index (χ2n) is 4.74. The Bertz CT molecular complexity index is 479. The van der Waals surface area contributed by atoms with Crippen LogP contribution in [-0.4, -0.2) is 32.6 Å². The van der Waals surface area contributed by atoms with Gasteiger partial charge >= 0.3 is 5.97 Å². The quantitative estimate of drug-likeness (QED) is 0.565. The Kier molecular flexibility index (Phi) is 6.03. The van der Waals surface area contributed by atoms with Crippen LogP contribution in [0.25, 0.3) is 0 Å². The molecule has 0 amide bonds. The molecule has 0 unspecified atom stereocenters. The number of hydrogen-bond donors (Lipinski definition) is 0. The van der Waals surface area contributed by atoms with Crippen LogP contribution in [0.3, 0.4) is 0 Å². The maximum Gasteiger partial charge on any atom is 0.374 e. The van der Waals surface area contributed by atoms with Crippen molar-refractivity contribution in [2.45, 2.75) is 20.3 Å². The number of hydrogen-bond acceptors (Lipinski definition) is 5. The highest BCUT2D eigenvalue weighted by molar-refractivity contribution is 6.34. The summed E-state index contributed by atoms with van der Waals surface area (Å²) in [6.45, 7) is 4.62. The van der Waals surface area contributed by atoms with Crippen LogP contribution in [0.2, 0.25) is 0 Å². The highest BCUT2D eigenvalue weighted by Gasteiger charge is 2.19. The van der Waals surface area contributed by atoms with Gasteiger partial charge in [0.1, 0.15) is 0 Å². The SMILES string of the molecule is COC(=O)C(=O)Cc1cccc(OCC(C)C)c1OC. The molecule has 1 rings (SSSR count). The molecule has 0 N–H and O–H groups in total. The van der Waals surface area contributed by atoms with Crippen LogP contribution in [0.4, 0.5) is 0 Å². The van der Waals surface area contributed by atoms with Crippen LogP contribution in [-0.2, 0) is 20.7 Å². The van der Waals surface area contributed by atoms with Crippen molar-refractivity contribution < 1.29 is 23.8 Å². The van der Waals surface area contributed by atoms with Crippen molar-refractivity contribution >= 4 is 11.8 Å². The van der Waals surface area contributed by atoms with Gasteiger partial charge in [-0.3, -0.25) is 4.79 Å². The first-order valence-corrected chi connectivity index (χ1v) is 6.39. The molecule has 0 aliphatic heterocycles. The average molecular weight is 280 g/mol. The lowest BCUT2D eigenvalue weighted by atomic mass is 10.1. The highest BCUT2D eigenvalue weighted by Crippen LogP contribution is 2.31. The third-order valence-corrected chi connectivity index (χ3v) is 2.60. The van der Waals surface area contributed by atoms with Crippen LogP contribution in [0, 0.1) is 5.92 Å². The van der Waals surface area contributed by atoms with E-state index in [-0.39, 0.29) is 6.42 Å². The largest absolute Gasteiger partial charge is 0.493 e. The molecular weight excluding hydrogens is 260 g/mol. The standard InChI is InChI=1S/C15H20O5/c1-10(2)9-20-13-7-5-6-11(14(13)18-3)8-12(16)15(17)19-4/h5-7,10H,8-9H2,1-4H3. The zero-order valence-electron chi connectivity index (χ0n) is 12.3. The van der Waals surface area contributed by atoms with Crippen LogP contribution in [0.5, 0.6) is 11.5 Å². The second-order valence-corrected chi connectivity index (χ2v) is 4.74. The summed E-state index contributed by atoms with van der Waals surface area (Å²) in [6.07, 6.45) is -0.0747. The number of ketones is 1. The van der Waals surface area contributed by atoms with Gasteiger partial charge in [0.15, 0.2) is 11.5 Å². The summed E-state index contributed by atoms with van der Waals surface area (Å²) in [5.41, 5.74) is 0.601. The van der Waals surface area contributed by atoms with Crippen molar-refractivity contribution in [3.63, 3.8) is 0 Å². The number of para-hydroxylation sites is 1. The van der Waals surface area contributed by atoms with E-state index in [4.69, 9.17) is 9.47 Å². The van der Waals surface area contributed by atoms with E-state index in [0.717, 1.165) is 0 Å². The minimum Gasteiger partial charge on any atom is -0.493 e. The van der Waals surface area contributed by atoms with E-state index in [1.165, 1.54) is 14.2 Å². The van der Waals surface area contributed by atoms with E-state index in [2.05, 4.69) is 4.74 Å². The van der Waals surface area contributed by atoms with Gasteiger partial charge in [-0.05, 0) is 12.0 Å². The Morgan fingerprint density at radius 3 is 2.45 bits per heavy atom. The number of rotatable bonds is 7. The molecule has 0 fully saturated rings. The summed E-state index contributed by atoms with van der Waals surface area (Å²) in [7, 11) is 2.68. The molecule has 0 radical (unpaired) electrons. The van der Waals surface area contributed by atoms with Gasteiger partial charge in [0.25, 0.3) is 0 Å². The predicted molar refractivity (Wildman–Crippen MR) is 74.1 cm³/mol. The number of benzene rings is 1. The summed E-state index contributed by atoms with van der Waals surface area (Å²) < 4.78 is 15.3. The summed E-state index contributed by atoms with van der Waals surface area (Å²) in [5, 5.41) is 0. The van der Waals surface area contributed by atoms with Crippen LogP contribution in [0.1, 0.15) is 19.4 Å². The predicted octanol–water partition coefficient (Wildman–Crippen LogP) is 2.01. The highest BCUT2D eigenvalue weighted by atomic mass is 16.5. The van der Waals surface area contributed by atoms with Gasteiger partial charge in [-0.15, -0.1) is 0 Å². The Labute approximate surface area is 118 Å². The second kappa shape index (κ2) is 7.53. The van der Waals surface area contributed by atoms with E-state index >= 15 is 0 Å².